The SMILES string of the molecule is CCCCNC1C(NCCCC)C(NCCCC)C2C3NC(NC4NC(NC5NC(NC6NC(N3)C3C(SCCCC)C(SCCCC)C(SCCCC)C(SCCCC)C63)C3C(SCCCC)C(SCCCC)C(SCCCC)C(SCCCC)C53)C3C(NCCCC)C(NCCCC)C(NCCCC)C(NCCCC)C43)C2C1NCCCC. The van der Waals surface area contributed by atoms with Crippen LogP contribution in [0, 0.1) is 47.3 Å². The summed E-state index contributed by atoms with van der Waals surface area (Å²) in [5, 5.41) is 80.9. The van der Waals surface area contributed by atoms with Gasteiger partial charge in [0.2, 0.25) is 0 Å². The lowest BCUT2D eigenvalue weighted by molar-refractivity contribution is 0.0437. The second kappa shape index (κ2) is 60.4. The third kappa shape index (κ3) is 29.1. The van der Waals surface area contributed by atoms with Crippen molar-refractivity contribution in [2.45, 2.75) is 456 Å². The maximum Gasteiger partial charge on any atom is 0.0644 e. The Morgan fingerprint density at radius 2 is 0.275 bits per heavy atom. The lowest BCUT2D eigenvalue weighted by atomic mass is 9.66. The van der Waals surface area contributed by atoms with Gasteiger partial charge in [0.05, 0.1) is 49.3 Å². The Kier molecular flexibility index (Phi) is 53.3. The van der Waals surface area contributed by atoms with Crippen LogP contribution < -0.4 is 85.1 Å². The van der Waals surface area contributed by atoms with Crippen LogP contribution in [-0.2, 0) is 0 Å². The molecule has 8 bridgehead atoms. The zero-order valence-electron chi connectivity index (χ0n) is 79.7. The van der Waals surface area contributed by atoms with Crippen molar-refractivity contribution in [3.63, 3.8) is 0 Å². The predicted molar refractivity (Wildman–Crippen MR) is 546 cm³/mol. The molecule has 704 valence electrons. The molecular formula is C96H192N16S8. The van der Waals surface area contributed by atoms with Crippen molar-refractivity contribution >= 4 is 94.1 Å². The molecule has 9 fully saturated rings. The molecule has 16 N–H and O–H groups in total. The van der Waals surface area contributed by atoms with Crippen LogP contribution in [-0.4, -0.2) is 238 Å². The lowest BCUT2D eigenvalue weighted by Gasteiger charge is -2.54. The number of fused-ring (bicyclic) bond motifs is 20. The number of unbranched alkanes of at least 4 members (excludes halogenated alkanes) is 16. The molecule has 32 atom stereocenters. The third-order valence-electron chi connectivity index (χ3n) is 28.9. The third-order valence-corrected chi connectivity index (χ3v) is 42.0. The summed E-state index contributed by atoms with van der Waals surface area (Å²) >= 11 is 19.6. The van der Waals surface area contributed by atoms with Gasteiger partial charge in [0.15, 0.2) is 0 Å². The van der Waals surface area contributed by atoms with Crippen molar-refractivity contribution in [2.24, 2.45) is 47.3 Å². The highest BCUT2D eigenvalue weighted by atomic mass is 32.2. The fourth-order valence-electron chi connectivity index (χ4n) is 22.5. The van der Waals surface area contributed by atoms with Crippen LogP contribution in [0.15, 0.2) is 0 Å². The molecule has 16 nitrogen and oxygen atoms in total. The van der Waals surface area contributed by atoms with Crippen LogP contribution in [0.2, 0.25) is 0 Å². The van der Waals surface area contributed by atoms with Crippen molar-refractivity contribution in [3.05, 3.63) is 0 Å². The van der Waals surface area contributed by atoms with Gasteiger partial charge in [-0.2, -0.15) is 94.1 Å². The predicted octanol–water partition coefficient (Wildman–Crippen LogP) is 17.6. The molecule has 9 aliphatic rings. The molecule has 24 heteroatoms. The molecule has 4 saturated carbocycles. The highest BCUT2D eigenvalue weighted by Gasteiger charge is 2.68. The Bertz CT molecular complexity index is 2100. The smallest absolute Gasteiger partial charge is 0.0644 e. The van der Waals surface area contributed by atoms with E-state index < -0.39 is 0 Å². The van der Waals surface area contributed by atoms with Gasteiger partial charge in [-0.1, -0.05) is 214 Å². The van der Waals surface area contributed by atoms with Gasteiger partial charge in [0, 0.05) is 138 Å². The van der Waals surface area contributed by atoms with E-state index in [4.69, 9.17) is 42.5 Å². The number of thioether (sulfide) groups is 8. The number of rotatable bonds is 64. The van der Waals surface area contributed by atoms with E-state index in [2.05, 4.69) is 247 Å². The fourth-order valence-corrected chi connectivity index (χ4v) is 38.2. The normalized spacial score (nSPS) is 37.2. The quantitative estimate of drug-likeness (QED) is 0.0257. The Morgan fingerprint density at radius 3 is 0.417 bits per heavy atom. The van der Waals surface area contributed by atoms with Crippen LogP contribution in [0.3, 0.4) is 0 Å². The number of hydrogen-bond acceptors (Lipinski definition) is 24. The van der Waals surface area contributed by atoms with Gasteiger partial charge in [-0.25, -0.2) is 0 Å². The molecule has 32 unspecified atom stereocenters. The second-order valence-corrected chi connectivity index (χ2v) is 48.2. The van der Waals surface area contributed by atoms with Crippen molar-refractivity contribution in [2.75, 3.05) is 98.4 Å². The minimum Gasteiger partial charge on any atom is -0.312 e. The van der Waals surface area contributed by atoms with Crippen molar-refractivity contribution in [3.8, 4) is 0 Å². The van der Waals surface area contributed by atoms with Crippen LogP contribution in [0.4, 0.5) is 0 Å². The average molecular weight is 1830 g/mol. The Labute approximate surface area is 774 Å². The van der Waals surface area contributed by atoms with E-state index in [0.717, 1.165) is 52.4 Å². The van der Waals surface area contributed by atoms with E-state index in [1.807, 2.05) is 0 Å². The van der Waals surface area contributed by atoms with E-state index in [1.165, 1.54) is 251 Å². The molecule has 0 aromatic carbocycles. The summed E-state index contributed by atoms with van der Waals surface area (Å²) in [6.07, 6.45) is 39.5. The molecule has 5 aliphatic heterocycles. The van der Waals surface area contributed by atoms with Gasteiger partial charge in [-0.05, 0) is 201 Å². The highest BCUT2D eigenvalue weighted by molar-refractivity contribution is 8.08. The van der Waals surface area contributed by atoms with E-state index in [9.17, 15) is 0 Å². The lowest BCUT2D eigenvalue weighted by Crippen LogP contribution is -2.76. The monoisotopic (exact) mass is 1830 g/mol. The van der Waals surface area contributed by atoms with E-state index in [1.54, 1.807) is 0 Å². The zero-order chi connectivity index (χ0) is 85.4. The minimum absolute atomic E-state index is 0.00401. The summed E-state index contributed by atoms with van der Waals surface area (Å²) in [7, 11) is 0. The molecule has 4 aliphatic carbocycles. The molecule has 5 heterocycles. The Hall–Kier alpha value is 2.16. The molecule has 0 amide bonds. The van der Waals surface area contributed by atoms with Crippen LogP contribution >= 0.6 is 94.1 Å². The summed E-state index contributed by atoms with van der Waals surface area (Å²) < 4.78 is 0. The molecule has 0 aromatic rings. The molecule has 0 radical (unpaired) electrons. The first kappa shape index (κ1) is 106. The maximum absolute atomic E-state index is 5.12. The van der Waals surface area contributed by atoms with Crippen LogP contribution in [0.1, 0.15) is 316 Å². The maximum atomic E-state index is 5.12. The van der Waals surface area contributed by atoms with Gasteiger partial charge in [0.25, 0.3) is 0 Å². The van der Waals surface area contributed by atoms with Gasteiger partial charge in [0.1, 0.15) is 0 Å². The van der Waals surface area contributed by atoms with Crippen LogP contribution in [0.5, 0.6) is 0 Å². The molecule has 0 aromatic heterocycles. The van der Waals surface area contributed by atoms with Crippen molar-refractivity contribution in [1.29, 1.82) is 0 Å². The van der Waals surface area contributed by atoms with Gasteiger partial charge >= 0.3 is 0 Å². The van der Waals surface area contributed by atoms with E-state index >= 15 is 0 Å². The Morgan fingerprint density at radius 1 is 0.150 bits per heavy atom. The summed E-state index contributed by atoms with van der Waals surface area (Å²) in [6, 6.07) is 1.66. The minimum atomic E-state index is -0.0186. The molecule has 120 heavy (non-hydrogen) atoms. The molecule has 5 saturated heterocycles. The first-order valence-electron chi connectivity index (χ1n) is 51.9. The summed E-state index contributed by atoms with van der Waals surface area (Å²) in [5.74, 6) is 12.5. The summed E-state index contributed by atoms with van der Waals surface area (Å²) in [6.45, 7) is 47.2. The number of nitrogens with one attached hydrogen (secondary N) is 16. The van der Waals surface area contributed by atoms with Gasteiger partial charge in [-0.3, -0.25) is 42.5 Å². The number of hydrogen-bond donors (Lipinski definition) is 16. The van der Waals surface area contributed by atoms with Gasteiger partial charge in [-0.15, -0.1) is 0 Å². The summed E-state index contributed by atoms with van der Waals surface area (Å²) in [4.78, 5) is 0. The first-order chi connectivity index (χ1) is 59.0. The Balaban J connectivity index is 1.40. The van der Waals surface area contributed by atoms with Crippen molar-refractivity contribution in [1.82, 2.24) is 85.1 Å². The fraction of sp³-hybridized carbons (Fsp3) is 1.00. The van der Waals surface area contributed by atoms with Crippen molar-refractivity contribution < 1.29 is 0 Å². The molecule has 0 spiro atoms. The highest BCUT2D eigenvalue weighted by Crippen LogP contribution is 2.59. The summed E-state index contributed by atoms with van der Waals surface area (Å²) in [5.41, 5.74) is 0. The van der Waals surface area contributed by atoms with Crippen LogP contribution in [0.25, 0.3) is 0 Å². The first-order valence-corrected chi connectivity index (χ1v) is 60.3. The molecular weight excluding hydrogens is 1630 g/mol. The van der Waals surface area contributed by atoms with E-state index in [0.29, 0.717) is 65.7 Å². The second-order valence-electron chi connectivity index (χ2n) is 38.0. The standard InChI is InChI=1S/C96H192N16S8/c1-17-33-49-97-73-65-67(75(99-51-35-19-3)79(103-55-39-23-7)77(73)101-53-37-21-5)91-106-89(65)105-90-66-68(76(100-52-36-20-4)80(104-56-40-24-8)78(102-54-38-22-6)74(66)98-50-34-18-2)92(107-90)109-94-70-72(84(116-60-44-28-12)88(120-64-48-32-16)86(118-62-46-30-14)82(70)114-58-42-26-10)96(111-94)112-95-71-69(93(108-91)110-95)81(113-57-41-25-9)85(117-61-45-29-13)87(119-63-47-31-15)83(71)115-59-43-27-11/h65-112H,17-64H2,1-16H3. The molecule has 9 rings (SSSR count). The average Bonchev–Trinajstić information content (AvgIpc) is 1.55. The largest absolute Gasteiger partial charge is 0.312 e. The topological polar surface area (TPSA) is 192 Å². The van der Waals surface area contributed by atoms with Gasteiger partial charge < -0.3 is 42.5 Å². The zero-order valence-corrected chi connectivity index (χ0v) is 86.2. The van der Waals surface area contributed by atoms with E-state index in [-0.39, 0.29) is 121 Å².